The highest BCUT2D eigenvalue weighted by atomic mass is 19.1. The highest BCUT2D eigenvalue weighted by molar-refractivity contribution is 5.88. The van der Waals surface area contributed by atoms with E-state index in [9.17, 15) is 13.6 Å². The zero-order chi connectivity index (χ0) is 15.7. The van der Waals surface area contributed by atoms with Crippen molar-refractivity contribution < 1.29 is 22.7 Å². The van der Waals surface area contributed by atoms with E-state index in [-0.39, 0.29) is 5.76 Å². The Bertz CT molecular complexity index is 711. The summed E-state index contributed by atoms with van der Waals surface area (Å²) in [6, 6.07) is 3.90. The molecule has 0 atom stereocenters. The average molecular weight is 307 g/mol. The number of carbonyl (C=O) groups is 1. The fourth-order valence-electron chi connectivity index (χ4n) is 2.83. The van der Waals surface area contributed by atoms with Crippen LogP contribution in [0.25, 0.3) is 0 Å². The molecule has 2 heterocycles. The molecular formula is C16H15F2NO3. The molecule has 0 amide bonds. The monoisotopic (exact) mass is 307 g/mol. The minimum Gasteiger partial charge on any atom is -0.463 e. The number of nitrogens with zero attached hydrogens (tertiary/aromatic N) is 1. The molecule has 6 heteroatoms. The second kappa shape index (κ2) is 5.79. The number of anilines is 1. The van der Waals surface area contributed by atoms with E-state index >= 15 is 0 Å². The van der Waals surface area contributed by atoms with Crippen LogP contribution in [0.2, 0.25) is 0 Å². The molecule has 0 saturated carbocycles. The van der Waals surface area contributed by atoms with Crippen LogP contribution in [0.5, 0.6) is 0 Å². The van der Waals surface area contributed by atoms with Crippen molar-refractivity contribution >= 4 is 11.7 Å². The molecular weight excluding hydrogens is 292 g/mol. The second-order valence-corrected chi connectivity index (χ2v) is 5.19. The molecule has 1 aliphatic rings. The zero-order valence-corrected chi connectivity index (χ0v) is 12.1. The van der Waals surface area contributed by atoms with Crippen LogP contribution < -0.4 is 4.90 Å². The number of benzene rings is 1. The lowest BCUT2D eigenvalue weighted by molar-refractivity contribution is 0.0563. The molecule has 0 N–H and O–H groups in total. The van der Waals surface area contributed by atoms with Gasteiger partial charge in [-0.3, -0.25) is 0 Å². The van der Waals surface area contributed by atoms with Crippen molar-refractivity contribution in [3.8, 4) is 0 Å². The first-order valence-corrected chi connectivity index (χ1v) is 6.97. The molecule has 0 bridgehead atoms. The summed E-state index contributed by atoms with van der Waals surface area (Å²) in [6.07, 6.45) is 2.82. The highest BCUT2D eigenvalue weighted by Gasteiger charge is 2.25. The van der Waals surface area contributed by atoms with Gasteiger partial charge in [-0.05, 0) is 30.5 Å². The van der Waals surface area contributed by atoms with Crippen molar-refractivity contribution in [3.63, 3.8) is 0 Å². The summed E-state index contributed by atoms with van der Waals surface area (Å²) in [7, 11) is 1.27. The number of ether oxygens (including phenoxy) is 1. The molecule has 3 rings (SSSR count). The molecule has 0 saturated heterocycles. The van der Waals surface area contributed by atoms with E-state index in [1.54, 1.807) is 11.0 Å². The minimum absolute atomic E-state index is 0.108. The van der Waals surface area contributed by atoms with Gasteiger partial charge in [-0.15, -0.1) is 0 Å². The van der Waals surface area contributed by atoms with Gasteiger partial charge in [0.05, 0.1) is 19.1 Å². The maximum absolute atomic E-state index is 14.1. The third-order valence-corrected chi connectivity index (χ3v) is 3.78. The van der Waals surface area contributed by atoms with Crippen LogP contribution in [0.4, 0.5) is 14.5 Å². The van der Waals surface area contributed by atoms with E-state index < -0.39 is 17.6 Å². The summed E-state index contributed by atoms with van der Waals surface area (Å²) in [5.41, 5.74) is 1.65. The average Bonchev–Trinajstić information content (AvgIpc) is 2.94. The fraction of sp³-hybridized carbons (Fsp3) is 0.312. The Morgan fingerprint density at radius 1 is 1.41 bits per heavy atom. The van der Waals surface area contributed by atoms with Crippen LogP contribution in [0.15, 0.2) is 28.9 Å². The van der Waals surface area contributed by atoms with Gasteiger partial charge in [-0.2, -0.15) is 0 Å². The van der Waals surface area contributed by atoms with Gasteiger partial charge in [-0.1, -0.05) is 0 Å². The van der Waals surface area contributed by atoms with Crippen LogP contribution in [0.1, 0.15) is 28.1 Å². The van der Waals surface area contributed by atoms with E-state index in [1.165, 1.54) is 19.4 Å². The number of furan rings is 1. The van der Waals surface area contributed by atoms with Crippen LogP contribution in [-0.2, 0) is 17.7 Å². The molecule has 0 spiro atoms. The summed E-state index contributed by atoms with van der Waals surface area (Å²) < 4.78 is 37.3. The molecule has 1 aliphatic heterocycles. The smallest absolute Gasteiger partial charge is 0.374 e. The number of rotatable bonds is 3. The Balaban J connectivity index is 1.93. The summed E-state index contributed by atoms with van der Waals surface area (Å²) in [6.45, 7) is 0.928. The van der Waals surface area contributed by atoms with E-state index in [0.29, 0.717) is 36.3 Å². The van der Waals surface area contributed by atoms with Gasteiger partial charge in [0, 0.05) is 24.7 Å². The Kier molecular flexibility index (Phi) is 3.83. The van der Waals surface area contributed by atoms with Crippen LogP contribution >= 0.6 is 0 Å². The Labute approximate surface area is 126 Å². The first kappa shape index (κ1) is 14.6. The first-order chi connectivity index (χ1) is 10.6. The van der Waals surface area contributed by atoms with Gasteiger partial charge in [0.25, 0.3) is 0 Å². The van der Waals surface area contributed by atoms with Crippen molar-refractivity contribution in [3.05, 3.63) is 53.0 Å². The molecule has 1 aromatic carbocycles. The molecule has 0 unspecified atom stereocenters. The van der Waals surface area contributed by atoms with Gasteiger partial charge in [0.1, 0.15) is 11.6 Å². The van der Waals surface area contributed by atoms with E-state index in [2.05, 4.69) is 4.74 Å². The van der Waals surface area contributed by atoms with Gasteiger partial charge in [0.15, 0.2) is 0 Å². The largest absolute Gasteiger partial charge is 0.463 e. The number of fused-ring (bicyclic) bond motifs is 1. The van der Waals surface area contributed by atoms with Gasteiger partial charge in [-0.25, -0.2) is 13.6 Å². The lowest BCUT2D eigenvalue weighted by atomic mass is 10.0. The summed E-state index contributed by atoms with van der Waals surface area (Å²) in [4.78, 5) is 13.4. The van der Waals surface area contributed by atoms with Crippen molar-refractivity contribution in [2.24, 2.45) is 0 Å². The number of methoxy groups -OCH3 is 1. The van der Waals surface area contributed by atoms with Crippen molar-refractivity contribution in [1.82, 2.24) is 0 Å². The number of carbonyl (C=O) groups excluding carboxylic acids is 1. The van der Waals surface area contributed by atoms with Gasteiger partial charge < -0.3 is 14.1 Å². The van der Waals surface area contributed by atoms with Gasteiger partial charge in [0.2, 0.25) is 5.76 Å². The molecule has 2 aromatic rings. The van der Waals surface area contributed by atoms with Gasteiger partial charge >= 0.3 is 5.97 Å². The molecule has 4 nitrogen and oxygen atoms in total. The summed E-state index contributed by atoms with van der Waals surface area (Å²) >= 11 is 0. The normalized spacial score (nSPS) is 13.9. The summed E-state index contributed by atoms with van der Waals surface area (Å²) in [5, 5.41) is 0. The quantitative estimate of drug-likeness (QED) is 0.816. The number of aryl methyl sites for hydroxylation is 1. The highest BCUT2D eigenvalue weighted by Crippen LogP contribution is 2.32. The maximum atomic E-state index is 14.1. The van der Waals surface area contributed by atoms with Crippen molar-refractivity contribution in [2.45, 2.75) is 19.4 Å². The lowest BCUT2D eigenvalue weighted by Gasteiger charge is -2.31. The predicted molar refractivity (Wildman–Crippen MR) is 75.8 cm³/mol. The molecule has 1 aromatic heterocycles. The summed E-state index contributed by atoms with van der Waals surface area (Å²) in [5.74, 6) is -1.62. The fourth-order valence-corrected chi connectivity index (χ4v) is 2.83. The molecule has 0 fully saturated rings. The second-order valence-electron chi connectivity index (χ2n) is 5.19. The SMILES string of the molecule is COC(=O)c1occc1CN1CCCc2cc(F)cc(F)c21. The van der Waals surface area contributed by atoms with Crippen LogP contribution in [0.3, 0.4) is 0 Å². The molecule has 22 heavy (non-hydrogen) atoms. The Hall–Kier alpha value is -2.37. The lowest BCUT2D eigenvalue weighted by Crippen LogP contribution is -2.30. The Morgan fingerprint density at radius 2 is 2.23 bits per heavy atom. The predicted octanol–water partition coefficient (Wildman–Crippen LogP) is 3.30. The standard InChI is InChI=1S/C16H15F2NO3/c1-21-16(20)15-11(4-6-22-15)9-19-5-2-3-10-7-12(17)8-13(18)14(10)19/h4,6-8H,2-3,5,9H2,1H3. The third kappa shape index (κ3) is 2.56. The molecule has 0 aliphatic carbocycles. The topological polar surface area (TPSA) is 42.7 Å². The molecule has 116 valence electrons. The zero-order valence-electron chi connectivity index (χ0n) is 12.1. The third-order valence-electron chi connectivity index (χ3n) is 3.78. The number of esters is 1. The number of hydrogen-bond acceptors (Lipinski definition) is 4. The Morgan fingerprint density at radius 3 is 3.00 bits per heavy atom. The number of hydrogen-bond donors (Lipinski definition) is 0. The van der Waals surface area contributed by atoms with E-state index in [4.69, 9.17) is 4.42 Å². The minimum atomic E-state index is -0.585. The van der Waals surface area contributed by atoms with Crippen LogP contribution in [0, 0.1) is 11.6 Å². The number of halogens is 2. The van der Waals surface area contributed by atoms with Crippen molar-refractivity contribution in [1.29, 1.82) is 0 Å². The molecule has 0 radical (unpaired) electrons. The van der Waals surface area contributed by atoms with Crippen molar-refractivity contribution in [2.75, 3.05) is 18.6 Å². The first-order valence-electron chi connectivity index (χ1n) is 6.97. The van der Waals surface area contributed by atoms with E-state index in [1.807, 2.05) is 0 Å². The van der Waals surface area contributed by atoms with E-state index in [0.717, 1.165) is 12.5 Å². The van der Waals surface area contributed by atoms with Crippen LogP contribution in [-0.4, -0.2) is 19.6 Å². The maximum Gasteiger partial charge on any atom is 0.374 e.